The predicted octanol–water partition coefficient (Wildman–Crippen LogP) is 4.83. The number of ether oxygens (including phenoxy) is 1. The van der Waals surface area contributed by atoms with Crippen molar-refractivity contribution in [2.45, 2.75) is 45.4 Å². The Morgan fingerprint density at radius 3 is 2.55 bits per heavy atom. The van der Waals surface area contributed by atoms with Crippen LogP contribution in [-0.2, 0) is 9.53 Å². The smallest absolute Gasteiger partial charge is 0.307 e. The number of halogens is 1. The summed E-state index contributed by atoms with van der Waals surface area (Å²) in [5.74, 6) is 0.583. The lowest BCUT2D eigenvalue weighted by atomic mass is 10.0. The second kappa shape index (κ2) is 7.67. The maximum Gasteiger partial charge on any atom is 0.307 e. The number of anilines is 1. The number of nitrogens with one attached hydrogen (secondary N) is 1. The summed E-state index contributed by atoms with van der Waals surface area (Å²) in [6.07, 6.45) is 6.44. The van der Waals surface area contributed by atoms with Gasteiger partial charge in [-0.05, 0) is 54.0 Å². The van der Waals surface area contributed by atoms with Gasteiger partial charge in [-0.2, -0.15) is 0 Å². The molecule has 1 N–H and O–H groups in total. The van der Waals surface area contributed by atoms with E-state index in [0.717, 1.165) is 42.8 Å². The van der Waals surface area contributed by atoms with Crippen molar-refractivity contribution in [3.05, 3.63) is 39.3 Å². The van der Waals surface area contributed by atoms with E-state index < -0.39 is 0 Å². The third-order valence-electron chi connectivity index (χ3n) is 3.34. The number of hydrogen-bond donors (Lipinski definition) is 1. The van der Waals surface area contributed by atoms with Gasteiger partial charge in [0.05, 0.1) is 11.4 Å². The lowest BCUT2D eigenvalue weighted by Gasteiger charge is -2.19. The fourth-order valence-corrected chi connectivity index (χ4v) is 2.90. The van der Waals surface area contributed by atoms with E-state index in [4.69, 9.17) is 4.74 Å². The number of benzene rings is 1. The van der Waals surface area contributed by atoms with Gasteiger partial charge in [-0.3, -0.25) is 4.79 Å². The summed E-state index contributed by atoms with van der Waals surface area (Å²) in [5.41, 5.74) is 2.14. The predicted molar refractivity (Wildman–Crippen MR) is 89.3 cm³/mol. The van der Waals surface area contributed by atoms with Gasteiger partial charge in [-0.1, -0.05) is 25.0 Å². The molecule has 0 aromatic heterocycles. The van der Waals surface area contributed by atoms with Crippen LogP contribution in [0.25, 0.3) is 0 Å². The van der Waals surface area contributed by atoms with Crippen molar-refractivity contribution in [3.63, 3.8) is 0 Å². The highest BCUT2D eigenvalue weighted by Crippen LogP contribution is 2.27. The lowest BCUT2D eigenvalue weighted by molar-refractivity contribution is -0.137. The average molecular weight is 385 g/mol. The molecule has 4 heteroatoms. The van der Waals surface area contributed by atoms with Crippen LogP contribution in [0.15, 0.2) is 35.7 Å². The van der Waals surface area contributed by atoms with E-state index >= 15 is 0 Å². The van der Waals surface area contributed by atoms with Gasteiger partial charge in [0.1, 0.15) is 5.76 Å². The summed E-state index contributed by atoms with van der Waals surface area (Å²) in [7, 11) is 0. The Morgan fingerprint density at radius 2 is 1.85 bits per heavy atom. The highest BCUT2D eigenvalue weighted by Gasteiger charge is 2.14. The van der Waals surface area contributed by atoms with Gasteiger partial charge >= 0.3 is 5.97 Å². The maximum atomic E-state index is 11.3. The van der Waals surface area contributed by atoms with Crippen molar-refractivity contribution in [3.8, 4) is 0 Å². The van der Waals surface area contributed by atoms with Gasteiger partial charge in [0.15, 0.2) is 0 Å². The zero-order valence-electron chi connectivity index (χ0n) is 11.7. The number of allylic oxidation sites excluding steroid dienone is 2. The largest absolute Gasteiger partial charge is 0.429 e. The highest BCUT2D eigenvalue weighted by atomic mass is 127. The van der Waals surface area contributed by atoms with Crippen molar-refractivity contribution in [2.75, 3.05) is 5.32 Å². The quantitative estimate of drug-likeness (QED) is 0.598. The number of esters is 1. The van der Waals surface area contributed by atoms with Gasteiger partial charge in [0.25, 0.3) is 0 Å². The molecule has 0 aliphatic heterocycles. The molecule has 108 valence electrons. The van der Waals surface area contributed by atoms with Crippen LogP contribution in [0.2, 0.25) is 0 Å². The Hall–Kier alpha value is -1.04. The molecule has 0 fully saturated rings. The molecule has 20 heavy (non-hydrogen) atoms. The van der Waals surface area contributed by atoms with Gasteiger partial charge in [0, 0.05) is 16.9 Å². The van der Waals surface area contributed by atoms with Crippen LogP contribution < -0.4 is 5.32 Å². The van der Waals surface area contributed by atoms with E-state index in [1.807, 2.05) is 12.1 Å². The molecule has 0 spiro atoms. The highest BCUT2D eigenvalue weighted by molar-refractivity contribution is 14.1. The minimum Gasteiger partial charge on any atom is -0.429 e. The molecule has 1 aromatic rings. The Morgan fingerprint density at radius 1 is 1.15 bits per heavy atom. The van der Waals surface area contributed by atoms with Crippen molar-refractivity contribution < 1.29 is 9.53 Å². The molecule has 0 heterocycles. The zero-order valence-corrected chi connectivity index (χ0v) is 13.9. The van der Waals surface area contributed by atoms with E-state index in [0.29, 0.717) is 0 Å². The van der Waals surface area contributed by atoms with Gasteiger partial charge in [-0.15, -0.1) is 0 Å². The number of rotatable bonds is 3. The molecule has 1 aliphatic rings. The van der Waals surface area contributed by atoms with E-state index in [1.54, 1.807) is 0 Å². The fraction of sp³-hybridized carbons (Fsp3) is 0.438. The van der Waals surface area contributed by atoms with Crippen LogP contribution in [-0.4, -0.2) is 5.97 Å². The van der Waals surface area contributed by atoms with Gasteiger partial charge < -0.3 is 10.1 Å². The molecule has 3 nitrogen and oxygen atoms in total. The zero-order chi connectivity index (χ0) is 14.4. The van der Waals surface area contributed by atoms with Crippen molar-refractivity contribution in [1.29, 1.82) is 0 Å². The van der Waals surface area contributed by atoms with Gasteiger partial charge in [0.2, 0.25) is 0 Å². The van der Waals surface area contributed by atoms with Crippen LogP contribution in [0.1, 0.15) is 45.4 Å². The standard InChI is InChI=1S/C16H20INO2/c1-12(19)20-16-11-5-3-2-4-10-15(16)18-14-9-7-6-8-13(14)17/h6-9,18H,2-5,10-11H2,1H3. The fourth-order valence-electron chi connectivity index (χ4n) is 2.37. The average Bonchev–Trinajstić information content (AvgIpc) is 2.39. The molecule has 0 bridgehead atoms. The third kappa shape index (κ3) is 4.51. The number of hydrogen-bond acceptors (Lipinski definition) is 3. The molecule has 1 aromatic carbocycles. The summed E-state index contributed by atoms with van der Waals surface area (Å²) in [5, 5.41) is 3.47. The maximum absolute atomic E-state index is 11.3. The van der Waals surface area contributed by atoms with E-state index in [9.17, 15) is 4.79 Å². The first-order valence-corrected chi connectivity index (χ1v) is 8.16. The van der Waals surface area contributed by atoms with Crippen molar-refractivity contribution in [1.82, 2.24) is 0 Å². The molecule has 0 unspecified atom stereocenters. The van der Waals surface area contributed by atoms with Crippen LogP contribution in [0, 0.1) is 3.57 Å². The Kier molecular flexibility index (Phi) is 5.88. The minimum atomic E-state index is -0.234. The summed E-state index contributed by atoms with van der Waals surface area (Å²) in [6, 6.07) is 8.16. The summed E-state index contributed by atoms with van der Waals surface area (Å²) < 4.78 is 6.60. The monoisotopic (exact) mass is 385 g/mol. The minimum absolute atomic E-state index is 0.234. The number of carbonyl (C=O) groups is 1. The summed E-state index contributed by atoms with van der Waals surface area (Å²) in [4.78, 5) is 11.3. The van der Waals surface area contributed by atoms with Crippen molar-refractivity contribution in [2.24, 2.45) is 0 Å². The Bertz CT molecular complexity index is 511. The lowest BCUT2D eigenvalue weighted by Crippen LogP contribution is -2.11. The number of para-hydroxylation sites is 1. The Balaban J connectivity index is 2.25. The molecule has 0 atom stereocenters. The van der Waals surface area contributed by atoms with Crippen LogP contribution in [0.4, 0.5) is 5.69 Å². The molecular formula is C16H20INO2. The van der Waals surface area contributed by atoms with Crippen LogP contribution in [0.5, 0.6) is 0 Å². The van der Waals surface area contributed by atoms with Crippen LogP contribution >= 0.6 is 22.6 Å². The topological polar surface area (TPSA) is 38.3 Å². The molecule has 0 saturated carbocycles. The SMILES string of the molecule is CC(=O)OC1=C(Nc2ccccc2I)CCCCCC1. The van der Waals surface area contributed by atoms with Crippen molar-refractivity contribution >= 4 is 34.2 Å². The van der Waals surface area contributed by atoms with E-state index in [2.05, 4.69) is 40.0 Å². The van der Waals surface area contributed by atoms with Gasteiger partial charge in [-0.25, -0.2) is 0 Å². The van der Waals surface area contributed by atoms with E-state index in [1.165, 1.54) is 23.3 Å². The number of carbonyl (C=O) groups excluding carboxylic acids is 1. The molecule has 0 radical (unpaired) electrons. The Labute approximate surface area is 133 Å². The second-order valence-corrected chi connectivity index (χ2v) is 6.18. The molecule has 1 aliphatic carbocycles. The van der Waals surface area contributed by atoms with E-state index in [-0.39, 0.29) is 5.97 Å². The third-order valence-corrected chi connectivity index (χ3v) is 4.28. The first-order valence-electron chi connectivity index (χ1n) is 7.09. The van der Waals surface area contributed by atoms with Crippen LogP contribution in [0.3, 0.4) is 0 Å². The summed E-state index contributed by atoms with van der Waals surface area (Å²) in [6.45, 7) is 1.47. The molecule has 0 saturated heterocycles. The first-order chi connectivity index (χ1) is 9.66. The normalized spacial score (nSPS) is 16.3. The molecular weight excluding hydrogens is 365 g/mol. The first kappa shape index (κ1) is 15.4. The molecule has 0 amide bonds. The summed E-state index contributed by atoms with van der Waals surface area (Å²) >= 11 is 2.31. The molecule has 2 rings (SSSR count). The second-order valence-electron chi connectivity index (χ2n) is 5.01.